The molecule has 3 nitrogen and oxygen atoms in total. The number of carbonyl (C=O) groups is 1. The fourth-order valence-electron chi connectivity index (χ4n) is 1.91. The van der Waals surface area contributed by atoms with E-state index in [9.17, 15) is 4.79 Å². The number of rotatable bonds is 6. The Bertz CT molecular complexity index is 378. The Hall–Kier alpha value is -1.03. The highest BCUT2D eigenvalue weighted by Crippen LogP contribution is 2.19. The average molecular weight is 314 g/mol. The molecular formula is C14H20BrNO2. The molecule has 0 heterocycles. The van der Waals surface area contributed by atoms with Crippen LogP contribution in [0.4, 0.5) is 5.69 Å². The molecule has 0 bridgehead atoms. The van der Waals surface area contributed by atoms with E-state index >= 15 is 0 Å². The fourth-order valence-corrected chi connectivity index (χ4v) is 2.17. The van der Waals surface area contributed by atoms with Crippen LogP contribution >= 0.6 is 15.9 Å². The second-order valence-electron chi connectivity index (χ2n) is 4.42. The van der Waals surface area contributed by atoms with Crippen molar-refractivity contribution in [1.82, 2.24) is 0 Å². The summed E-state index contributed by atoms with van der Waals surface area (Å²) >= 11 is 3.39. The van der Waals surface area contributed by atoms with E-state index in [1.807, 2.05) is 24.3 Å². The van der Waals surface area contributed by atoms with Crippen LogP contribution in [-0.4, -0.2) is 19.1 Å². The Balaban J connectivity index is 2.77. The maximum atomic E-state index is 11.8. The maximum absolute atomic E-state index is 11.8. The second-order valence-corrected chi connectivity index (χ2v) is 5.33. The third-order valence-electron chi connectivity index (χ3n) is 2.93. The smallest absolute Gasteiger partial charge is 0.328 e. The summed E-state index contributed by atoms with van der Waals surface area (Å²) in [6, 6.07) is 7.48. The number of carbonyl (C=O) groups excluding carboxylic acids is 1. The standard InChI is InChI=1S/C14H20BrNO2/c1-4-5-10(2)13(14(17)18-3)16-12-8-6-11(15)7-9-12/h6-10,13,16H,4-5H2,1-3H3. The van der Waals surface area contributed by atoms with Crippen molar-refractivity contribution in [1.29, 1.82) is 0 Å². The highest BCUT2D eigenvalue weighted by Gasteiger charge is 2.25. The van der Waals surface area contributed by atoms with Crippen LogP contribution in [-0.2, 0) is 9.53 Å². The third-order valence-corrected chi connectivity index (χ3v) is 3.46. The number of nitrogens with one attached hydrogen (secondary N) is 1. The predicted octanol–water partition coefficient (Wildman–Crippen LogP) is 3.84. The van der Waals surface area contributed by atoms with Gasteiger partial charge in [-0.2, -0.15) is 0 Å². The average Bonchev–Trinajstić information content (AvgIpc) is 2.37. The van der Waals surface area contributed by atoms with E-state index in [1.54, 1.807) is 0 Å². The Morgan fingerprint density at radius 1 is 1.39 bits per heavy atom. The molecule has 100 valence electrons. The lowest BCUT2D eigenvalue weighted by Crippen LogP contribution is -2.36. The summed E-state index contributed by atoms with van der Waals surface area (Å²) in [5, 5.41) is 3.25. The predicted molar refractivity (Wildman–Crippen MR) is 77.6 cm³/mol. The summed E-state index contributed by atoms with van der Waals surface area (Å²) in [4.78, 5) is 11.8. The first-order chi connectivity index (χ1) is 8.58. The van der Waals surface area contributed by atoms with Crippen LogP contribution in [0.1, 0.15) is 26.7 Å². The molecule has 0 fully saturated rings. The monoisotopic (exact) mass is 313 g/mol. The van der Waals surface area contributed by atoms with Gasteiger partial charge >= 0.3 is 5.97 Å². The Labute approximate surface area is 117 Å². The van der Waals surface area contributed by atoms with Crippen molar-refractivity contribution < 1.29 is 9.53 Å². The van der Waals surface area contributed by atoms with E-state index in [1.165, 1.54) is 7.11 Å². The topological polar surface area (TPSA) is 38.3 Å². The number of hydrogen-bond acceptors (Lipinski definition) is 3. The summed E-state index contributed by atoms with van der Waals surface area (Å²) in [6.07, 6.45) is 2.04. The highest BCUT2D eigenvalue weighted by molar-refractivity contribution is 9.10. The van der Waals surface area contributed by atoms with Gasteiger partial charge in [-0.15, -0.1) is 0 Å². The van der Waals surface area contributed by atoms with Gasteiger partial charge in [0.2, 0.25) is 0 Å². The zero-order valence-electron chi connectivity index (χ0n) is 11.1. The molecule has 0 amide bonds. The van der Waals surface area contributed by atoms with Crippen LogP contribution < -0.4 is 5.32 Å². The minimum Gasteiger partial charge on any atom is -0.467 e. The molecular weight excluding hydrogens is 294 g/mol. The number of esters is 1. The number of halogens is 1. The first kappa shape index (κ1) is 15.0. The molecule has 0 aliphatic heterocycles. The highest BCUT2D eigenvalue weighted by atomic mass is 79.9. The molecule has 0 aromatic heterocycles. The molecule has 2 atom stereocenters. The molecule has 1 aromatic carbocycles. The van der Waals surface area contributed by atoms with E-state index < -0.39 is 0 Å². The van der Waals surface area contributed by atoms with Crippen molar-refractivity contribution in [2.24, 2.45) is 5.92 Å². The fraction of sp³-hybridized carbons (Fsp3) is 0.500. The van der Waals surface area contributed by atoms with Gasteiger partial charge in [0.1, 0.15) is 6.04 Å². The molecule has 0 aliphatic carbocycles. The van der Waals surface area contributed by atoms with Gasteiger partial charge in [0.25, 0.3) is 0 Å². The summed E-state index contributed by atoms with van der Waals surface area (Å²) in [6.45, 7) is 4.18. The van der Waals surface area contributed by atoms with Gasteiger partial charge in [0.15, 0.2) is 0 Å². The van der Waals surface area contributed by atoms with Crippen LogP contribution in [0.5, 0.6) is 0 Å². The van der Waals surface area contributed by atoms with Gasteiger partial charge in [0, 0.05) is 10.2 Å². The number of anilines is 1. The van der Waals surface area contributed by atoms with E-state index in [4.69, 9.17) is 4.74 Å². The molecule has 4 heteroatoms. The number of hydrogen-bond donors (Lipinski definition) is 1. The molecule has 18 heavy (non-hydrogen) atoms. The maximum Gasteiger partial charge on any atom is 0.328 e. The number of ether oxygens (including phenoxy) is 1. The molecule has 1 rings (SSSR count). The zero-order chi connectivity index (χ0) is 13.5. The van der Waals surface area contributed by atoms with Gasteiger partial charge < -0.3 is 10.1 Å². The summed E-state index contributed by atoms with van der Waals surface area (Å²) in [5.74, 6) is 0.0324. The molecule has 0 spiro atoms. The second kappa shape index (κ2) is 7.41. The van der Waals surface area contributed by atoms with Crippen molar-refractivity contribution in [3.05, 3.63) is 28.7 Å². The summed E-state index contributed by atoms with van der Waals surface area (Å²) in [7, 11) is 1.43. The minimum atomic E-state index is -0.295. The van der Waals surface area contributed by atoms with Crippen LogP contribution in [0.2, 0.25) is 0 Å². The van der Waals surface area contributed by atoms with Gasteiger partial charge in [0.05, 0.1) is 7.11 Å². The van der Waals surface area contributed by atoms with Gasteiger partial charge in [-0.25, -0.2) is 4.79 Å². The molecule has 1 N–H and O–H groups in total. The van der Waals surface area contributed by atoms with Gasteiger partial charge in [-0.05, 0) is 36.6 Å². The lowest BCUT2D eigenvalue weighted by atomic mass is 9.96. The van der Waals surface area contributed by atoms with Crippen molar-refractivity contribution in [3.8, 4) is 0 Å². The Kier molecular flexibility index (Phi) is 6.19. The van der Waals surface area contributed by atoms with E-state index in [2.05, 4.69) is 35.1 Å². The molecule has 0 saturated carbocycles. The number of methoxy groups -OCH3 is 1. The molecule has 0 radical (unpaired) electrons. The minimum absolute atomic E-state index is 0.209. The lowest BCUT2D eigenvalue weighted by Gasteiger charge is -2.23. The molecule has 0 aliphatic rings. The summed E-state index contributed by atoms with van der Waals surface area (Å²) in [5.41, 5.74) is 0.927. The third kappa shape index (κ3) is 4.33. The van der Waals surface area contributed by atoms with Crippen LogP contribution in [0.15, 0.2) is 28.7 Å². The summed E-state index contributed by atoms with van der Waals surface area (Å²) < 4.78 is 5.88. The van der Waals surface area contributed by atoms with Crippen LogP contribution in [0, 0.1) is 5.92 Å². The van der Waals surface area contributed by atoms with Crippen molar-refractivity contribution >= 4 is 27.6 Å². The first-order valence-electron chi connectivity index (χ1n) is 6.18. The van der Waals surface area contributed by atoms with E-state index in [0.717, 1.165) is 23.0 Å². The number of benzene rings is 1. The van der Waals surface area contributed by atoms with Crippen molar-refractivity contribution in [3.63, 3.8) is 0 Å². The zero-order valence-corrected chi connectivity index (χ0v) is 12.7. The first-order valence-corrected chi connectivity index (χ1v) is 6.97. The van der Waals surface area contributed by atoms with Crippen molar-refractivity contribution in [2.75, 3.05) is 12.4 Å². The normalized spacial score (nSPS) is 13.8. The Morgan fingerprint density at radius 2 is 2.00 bits per heavy atom. The van der Waals surface area contributed by atoms with Crippen LogP contribution in [0.25, 0.3) is 0 Å². The molecule has 0 saturated heterocycles. The van der Waals surface area contributed by atoms with E-state index in [-0.39, 0.29) is 17.9 Å². The quantitative estimate of drug-likeness (QED) is 0.811. The largest absolute Gasteiger partial charge is 0.467 e. The van der Waals surface area contributed by atoms with Gasteiger partial charge in [-0.3, -0.25) is 0 Å². The molecule has 1 aromatic rings. The van der Waals surface area contributed by atoms with Crippen molar-refractivity contribution in [2.45, 2.75) is 32.7 Å². The van der Waals surface area contributed by atoms with Gasteiger partial charge in [-0.1, -0.05) is 36.2 Å². The lowest BCUT2D eigenvalue weighted by molar-refractivity contribution is -0.142. The van der Waals surface area contributed by atoms with E-state index in [0.29, 0.717) is 0 Å². The molecule has 2 unspecified atom stereocenters. The SMILES string of the molecule is CCCC(C)C(Nc1ccc(Br)cc1)C(=O)OC. The van der Waals surface area contributed by atoms with Crippen LogP contribution in [0.3, 0.4) is 0 Å². The Morgan fingerprint density at radius 3 is 2.50 bits per heavy atom.